The maximum absolute atomic E-state index is 13.1. The van der Waals surface area contributed by atoms with E-state index in [1.807, 2.05) is 0 Å². The largest absolute Gasteiger partial charge is 0.417 e. The molecule has 2 atom stereocenters. The van der Waals surface area contributed by atoms with Crippen LogP contribution in [0.15, 0.2) is 22.0 Å². The Kier molecular flexibility index (Phi) is 5.24. The predicted molar refractivity (Wildman–Crippen MR) is 80.1 cm³/mol. The van der Waals surface area contributed by atoms with Crippen LogP contribution >= 0.6 is 10.9 Å². The van der Waals surface area contributed by atoms with Crippen LogP contribution in [-0.4, -0.2) is 43.5 Å². The highest BCUT2D eigenvalue weighted by atomic mass is 32.2. The van der Waals surface area contributed by atoms with Gasteiger partial charge in [-0.3, -0.25) is 4.79 Å². The second kappa shape index (κ2) is 6.64. The molecule has 2 unspecified atom stereocenters. The summed E-state index contributed by atoms with van der Waals surface area (Å²) in [5, 5.41) is 0. The van der Waals surface area contributed by atoms with Crippen molar-refractivity contribution in [2.75, 3.05) is 32.8 Å². The lowest BCUT2D eigenvalue weighted by molar-refractivity contribution is -0.138. The molecule has 8 heteroatoms. The van der Waals surface area contributed by atoms with Gasteiger partial charge in [-0.15, -0.1) is 0 Å². The van der Waals surface area contributed by atoms with E-state index >= 15 is 0 Å². The molecule has 2 rings (SSSR count). The molecular weight excluding hydrogens is 319 g/mol. The zero-order chi connectivity index (χ0) is 16.5. The number of hydrogen-bond acceptors (Lipinski definition) is 3. The number of thiol groups is 1. The molecule has 1 saturated heterocycles. The van der Waals surface area contributed by atoms with Crippen molar-refractivity contribution >= 4 is 10.9 Å². The van der Waals surface area contributed by atoms with Gasteiger partial charge in [-0.05, 0) is 25.0 Å². The summed E-state index contributed by atoms with van der Waals surface area (Å²) < 4.78 is 51.2. The Bertz CT molecular complexity index is 586. The van der Waals surface area contributed by atoms with Crippen LogP contribution in [0.3, 0.4) is 0 Å². The predicted octanol–water partition coefficient (Wildman–Crippen LogP) is 2.46. The fraction of sp³-hybridized carbons (Fsp3) is 0.643. The lowest BCUT2D eigenvalue weighted by atomic mass is 10.1. The molecule has 1 aromatic rings. The van der Waals surface area contributed by atoms with Crippen LogP contribution in [0.5, 0.6) is 0 Å². The van der Waals surface area contributed by atoms with E-state index in [1.165, 1.54) is 7.11 Å². The molecule has 4 nitrogen and oxygen atoms in total. The fourth-order valence-corrected chi connectivity index (χ4v) is 3.44. The maximum Gasteiger partial charge on any atom is 0.417 e. The first-order valence-electron chi connectivity index (χ1n) is 6.87. The Labute approximate surface area is 129 Å². The van der Waals surface area contributed by atoms with Crippen LogP contribution in [-0.2, 0) is 15.7 Å². The topological polar surface area (TPSA) is 40.5 Å². The van der Waals surface area contributed by atoms with Gasteiger partial charge in [-0.2, -0.15) is 13.2 Å². The summed E-state index contributed by atoms with van der Waals surface area (Å²) in [4.78, 5) is 12.8. The van der Waals surface area contributed by atoms with E-state index in [1.54, 1.807) is 12.5 Å². The first-order chi connectivity index (χ1) is 10.3. The number of pyridine rings is 1. The maximum atomic E-state index is 13.1. The molecule has 1 aliphatic heterocycles. The monoisotopic (exact) mass is 339 g/mol. The average Bonchev–Trinajstić information content (AvgIpc) is 2.46. The van der Waals surface area contributed by atoms with Gasteiger partial charge < -0.3 is 14.0 Å². The molecule has 1 aliphatic rings. The van der Waals surface area contributed by atoms with Gasteiger partial charge in [0.15, 0.2) is 0 Å². The number of ether oxygens (including phenoxy) is 2. The number of rotatable bonds is 3. The van der Waals surface area contributed by atoms with E-state index in [2.05, 4.69) is 0 Å². The van der Waals surface area contributed by atoms with Gasteiger partial charge >= 0.3 is 6.18 Å². The highest BCUT2D eigenvalue weighted by molar-refractivity contribution is 8.15. The van der Waals surface area contributed by atoms with Gasteiger partial charge in [0, 0.05) is 19.9 Å². The molecule has 0 aliphatic carbocycles. The van der Waals surface area contributed by atoms with Crippen LogP contribution in [0.4, 0.5) is 13.2 Å². The first-order valence-corrected chi connectivity index (χ1v) is 9.10. The van der Waals surface area contributed by atoms with E-state index in [9.17, 15) is 18.0 Å². The molecule has 2 heterocycles. The molecule has 0 aromatic carbocycles. The lowest BCUT2D eigenvalue weighted by Crippen LogP contribution is -2.41. The summed E-state index contributed by atoms with van der Waals surface area (Å²) in [6, 6.07) is 0.429. The number of methoxy groups -OCH3 is 1. The molecule has 0 radical (unpaired) electrons. The molecule has 22 heavy (non-hydrogen) atoms. The standard InChI is InChI=1S/C14H20F3NO3S/c1-20-11-4-5-21-8-10(11)18-7-9(14(15,16)17)6-12(13(18)19)22(2)3/h6-7,10-11,22H,4-5,8H2,1-3H3. The number of alkyl halides is 3. The quantitative estimate of drug-likeness (QED) is 0.860. The van der Waals surface area contributed by atoms with Crippen LogP contribution in [0, 0.1) is 0 Å². The third-order valence-corrected chi connectivity index (χ3v) is 5.04. The van der Waals surface area contributed by atoms with Crippen LogP contribution in [0.25, 0.3) is 0 Å². The molecular formula is C14H20F3NO3S. The highest BCUT2D eigenvalue weighted by Gasteiger charge is 2.35. The molecule has 126 valence electrons. The summed E-state index contributed by atoms with van der Waals surface area (Å²) in [6.45, 7) is 0.647. The number of nitrogens with zero attached hydrogens (tertiary/aromatic N) is 1. The fourth-order valence-electron chi connectivity index (χ4n) is 2.55. The van der Waals surface area contributed by atoms with Crippen molar-refractivity contribution in [3.05, 3.63) is 28.2 Å². The smallest absolute Gasteiger partial charge is 0.379 e. The zero-order valence-corrected chi connectivity index (χ0v) is 13.6. The van der Waals surface area contributed by atoms with Crippen molar-refractivity contribution in [2.45, 2.75) is 29.6 Å². The molecule has 0 N–H and O–H groups in total. The van der Waals surface area contributed by atoms with Gasteiger partial charge in [0.2, 0.25) is 0 Å². The Morgan fingerprint density at radius 1 is 1.41 bits per heavy atom. The van der Waals surface area contributed by atoms with Crippen molar-refractivity contribution in [3.63, 3.8) is 0 Å². The Morgan fingerprint density at radius 3 is 2.64 bits per heavy atom. The van der Waals surface area contributed by atoms with Crippen LogP contribution < -0.4 is 5.56 Å². The minimum atomic E-state index is -4.49. The van der Waals surface area contributed by atoms with E-state index in [4.69, 9.17) is 9.47 Å². The van der Waals surface area contributed by atoms with Gasteiger partial charge in [-0.25, -0.2) is 10.9 Å². The van der Waals surface area contributed by atoms with Crippen molar-refractivity contribution < 1.29 is 22.6 Å². The SMILES string of the molecule is COC1CCOCC1n1cc(C(F)(F)F)cc([SH](C)C)c1=O. The van der Waals surface area contributed by atoms with Crippen molar-refractivity contribution in [3.8, 4) is 0 Å². The molecule has 0 spiro atoms. The summed E-state index contributed by atoms with van der Waals surface area (Å²) in [5.74, 6) is 0. The van der Waals surface area contributed by atoms with Crippen LogP contribution in [0.1, 0.15) is 18.0 Å². The second-order valence-corrected chi connectivity index (χ2v) is 7.69. The summed E-state index contributed by atoms with van der Waals surface area (Å²) >= 11 is 0. The third kappa shape index (κ3) is 3.49. The Morgan fingerprint density at radius 2 is 2.09 bits per heavy atom. The van der Waals surface area contributed by atoms with Gasteiger partial charge in [0.05, 0.1) is 29.2 Å². The molecule has 0 saturated carbocycles. The summed E-state index contributed by atoms with van der Waals surface area (Å²) in [5.41, 5.74) is -1.19. The Balaban J connectivity index is 2.58. The van der Waals surface area contributed by atoms with E-state index in [0.717, 1.165) is 16.8 Å². The number of aromatic nitrogens is 1. The zero-order valence-electron chi connectivity index (χ0n) is 12.7. The third-order valence-electron chi connectivity index (χ3n) is 3.76. The van der Waals surface area contributed by atoms with Crippen molar-refractivity contribution in [1.29, 1.82) is 0 Å². The molecule has 0 amide bonds. The van der Waals surface area contributed by atoms with E-state index in [-0.39, 0.29) is 23.2 Å². The highest BCUT2D eigenvalue weighted by Crippen LogP contribution is 2.34. The normalized spacial score (nSPS) is 23.5. The Hall–Kier alpha value is -0.990. The van der Waals surface area contributed by atoms with E-state index < -0.39 is 28.7 Å². The lowest BCUT2D eigenvalue weighted by Gasteiger charge is -2.32. The summed E-state index contributed by atoms with van der Waals surface area (Å²) in [6.07, 6.45) is 0.141. The second-order valence-electron chi connectivity index (χ2n) is 5.42. The van der Waals surface area contributed by atoms with Gasteiger partial charge in [0.25, 0.3) is 5.56 Å². The van der Waals surface area contributed by atoms with Gasteiger partial charge in [-0.1, -0.05) is 0 Å². The van der Waals surface area contributed by atoms with E-state index in [0.29, 0.717) is 13.0 Å². The number of hydrogen-bond donors (Lipinski definition) is 1. The minimum Gasteiger partial charge on any atom is -0.379 e. The van der Waals surface area contributed by atoms with Gasteiger partial charge in [0.1, 0.15) is 0 Å². The van der Waals surface area contributed by atoms with Crippen LogP contribution in [0.2, 0.25) is 0 Å². The molecule has 0 bridgehead atoms. The first kappa shape index (κ1) is 17.4. The van der Waals surface area contributed by atoms with Crippen molar-refractivity contribution in [2.24, 2.45) is 0 Å². The van der Waals surface area contributed by atoms with Crippen molar-refractivity contribution in [1.82, 2.24) is 4.57 Å². The molecule has 1 fully saturated rings. The average molecular weight is 339 g/mol. The molecule has 1 aromatic heterocycles. The minimum absolute atomic E-state index is 0.171. The summed E-state index contributed by atoms with van der Waals surface area (Å²) in [7, 11) is 0.545. The number of halogens is 3.